The van der Waals surface area contributed by atoms with Gasteiger partial charge < -0.3 is 10.2 Å². The first-order valence-corrected chi connectivity index (χ1v) is 16.1. The molecule has 10 heteroatoms. The number of benzene rings is 3. The number of anilines is 1. The number of nitrogens with zero attached hydrogens (tertiary/aromatic N) is 2. The van der Waals surface area contributed by atoms with Gasteiger partial charge in [-0.05, 0) is 61.2 Å². The molecule has 0 fully saturated rings. The Morgan fingerprint density at radius 2 is 1.54 bits per heavy atom. The van der Waals surface area contributed by atoms with Crippen LogP contribution in [-0.4, -0.2) is 50.5 Å². The summed E-state index contributed by atoms with van der Waals surface area (Å²) in [6.45, 7) is 5.61. The zero-order valence-electron chi connectivity index (χ0n) is 23.9. The number of halogens is 2. The van der Waals surface area contributed by atoms with Gasteiger partial charge in [-0.3, -0.25) is 13.9 Å². The van der Waals surface area contributed by atoms with E-state index in [1.54, 1.807) is 30.3 Å². The Hall–Kier alpha value is -3.07. The number of rotatable bonds is 13. The second-order valence-corrected chi connectivity index (χ2v) is 12.9. The zero-order chi connectivity index (χ0) is 30.2. The molecule has 0 aliphatic carbocycles. The molecule has 0 radical (unpaired) electrons. The van der Waals surface area contributed by atoms with Crippen LogP contribution in [0.15, 0.2) is 66.7 Å². The smallest absolute Gasteiger partial charge is 0.244 e. The molecular formula is C31H37Cl2N3O4S. The van der Waals surface area contributed by atoms with Crippen LogP contribution in [0, 0.1) is 13.8 Å². The normalized spacial score (nSPS) is 12.0. The number of hydrogen-bond acceptors (Lipinski definition) is 4. The van der Waals surface area contributed by atoms with Crippen molar-refractivity contribution in [2.75, 3.05) is 23.7 Å². The monoisotopic (exact) mass is 617 g/mol. The van der Waals surface area contributed by atoms with E-state index in [1.165, 1.54) is 4.90 Å². The highest BCUT2D eigenvalue weighted by Crippen LogP contribution is 2.28. The van der Waals surface area contributed by atoms with Gasteiger partial charge in [-0.1, -0.05) is 79.0 Å². The van der Waals surface area contributed by atoms with Crippen molar-refractivity contribution in [1.29, 1.82) is 0 Å². The van der Waals surface area contributed by atoms with Gasteiger partial charge in [-0.25, -0.2) is 8.42 Å². The Balaban J connectivity index is 2.10. The van der Waals surface area contributed by atoms with Gasteiger partial charge in [0.1, 0.15) is 12.6 Å². The molecule has 2 amide bonds. The summed E-state index contributed by atoms with van der Waals surface area (Å²) in [6.07, 6.45) is 2.95. The van der Waals surface area contributed by atoms with Gasteiger partial charge in [0.25, 0.3) is 0 Å². The summed E-state index contributed by atoms with van der Waals surface area (Å²) in [6, 6.07) is 18.8. The number of aryl methyl sites for hydroxylation is 2. The number of amides is 2. The molecular weight excluding hydrogens is 581 g/mol. The summed E-state index contributed by atoms with van der Waals surface area (Å²) in [7, 11) is -3.86. The fraction of sp³-hybridized carbons (Fsp3) is 0.355. The van der Waals surface area contributed by atoms with E-state index in [4.69, 9.17) is 23.2 Å². The molecule has 220 valence electrons. The van der Waals surface area contributed by atoms with Crippen molar-refractivity contribution in [1.82, 2.24) is 10.2 Å². The largest absolute Gasteiger partial charge is 0.354 e. The second-order valence-electron chi connectivity index (χ2n) is 10.2. The second kappa shape index (κ2) is 14.7. The highest BCUT2D eigenvalue weighted by molar-refractivity contribution is 7.92. The minimum Gasteiger partial charge on any atom is -0.354 e. The molecule has 0 unspecified atom stereocenters. The van der Waals surface area contributed by atoms with Crippen molar-refractivity contribution in [3.63, 3.8) is 0 Å². The molecule has 0 spiro atoms. The standard InChI is InChI=1S/C31H37Cl2N3O4S/c1-5-6-15-34-31(38)29(19-24-11-8-7-9-12-24)35(20-26-27(32)13-10-14-28(26)33)30(37)21-36(41(4,39)40)25-17-22(2)16-23(3)18-25/h7-14,16-18,29H,5-6,15,19-21H2,1-4H3,(H,34,38)/t29-/m1/s1. The van der Waals surface area contributed by atoms with E-state index in [0.717, 1.165) is 40.1 Å². The molecule has 1 atom stereocenters. The van der Waals surface area contributed by atoms with Crippen LogP contribution >= 0.6 is 23.2 Å². The first-order valence-electron chi connectivity index (χ1n) is 13.5. The maximum Gasteiger partial charge on any atom is 0.244 e. The van der Waals surface area contributed by atoms with Crippen molar-refractivity contribution in [3.8, 4) is 0 Å². The number of sulfonamides is 1. The van der Waals surface area contributed by atoms with Crippen molar-refractivity contribution < 1.29 is 18.0 Å². The number of nitrogens with one attached hydrogen (secondary N) is 1. The van der Waals surface area contributed by atoms with Crippen molar-refractivity contribution in [2.45, 2.75) is 52.6 Å². The minimum atomic E-state index is -3.86. The van der Waals surface area contributed by atoms with E-state index >= 15 is 0 Å². The molecule has 3 aromatic carbocycles. The molecule has 1 N–H and O–H groups in total. The van der Waals surface area contributed by atoms with Crippen LogP contribution in [0.2, 0.25) is 10.0 Å². The molecule has 0 aromatic heterocycles. The lowest BCUT2D eigenvalue weighted by Crippen LogP contribution is -2.53. The summed E-state index contributed by atoms with van der Waals surface area (Å²) in [4.78, 5) is 29.2. The highest BCUT2D eigenvalue weighted by Gasteiger charge is 2.33. The number of carbonyl (C=O) groups is 2. The average molecular weight is 619 g/mol. The van der Waals surface area contributed by atoms with Gasteiger partial charge >= 0.3 is 0 Å². The topological polar surface area (TPSA) is 86.8 Å². The van der Waals surface area contributed by atoms with Crippen molar-refractivity contribution >= 4 is 50.7 Å². The predicted octanol–water partition coefficient (Wildman–Crippen LogP) is 5.93. The third kappa shape index (κ3) is 9.21. The van der Waals surface area contributed by atoms with Crippen LogP contribution in [0.4, 0.5) is 5.69 Å². The van der Waals surface area contributed by atoms with Crippen LogP contribution in [0.3, 0.4) is 0 Å². The third-order valence-corrected chi connectivity index (χ3v) is 8.51. The van der Waals surface area contributed by atoms with Crippen LogP contribution in [0.1, 0.15) is 42.0 Å². The van der Waals surface area contributed by atoms with E-state index < -0.39 is 28.5 Å². The molecule has 0 aliphatic rings. The van der Waals surface area contributed by atoms with Gasteiger partial charge in [0.15, 0.2) is 0 Å². The quantitative estimate of drug-likeness (QED) is 0.241. The average Bonchev–Trinajstić information content (AvgIpc) is 2.90. The fourth-order valence-electron chi connectivity index (χ4n) is 4.62. The lowest BCUT2D eigenvalue weighted by Gasteiger charge is -2.34. The van der Waals surface area contributed by atoms with Gasteiger partial charge in [0, 0.05) is 35.1 Å². The van der Waals surface area contributed by atoms with Gasteiger partial charge in [0.05, 0.1) is 11.9 Å². The summed E-state index contributed by atoms with van der Waals surface area (Å²) in [5, 5.41) is 3.64. The van der Waals surface area contributed by atoms with Crippen molar-refractivity contribution in [2.24, 2.45) is 0 Å². The minimum absolute atomic E-state index is 0.0829. The predicted molar refractivity (Wildman–Crippen MR) is 167 cm³/mol. The van der Waals surface area contributed by atoms with E-state index in [1.807, 2.05) is 57.2 Å². The molecule has 3 rings (SSSR count). The van der Waals surface area contributed by atoms with Gasteiger partial charge in [-0.2, -0.15) is 0 Å². The summed E-state index contributed by atoms with van der Waals surface area (Å²) in [5.41, 5.74) is 3.42. The maximum atomic E-state index is 14.2. The van der Waals surface area contributed by atoms with Gasteiger partial charge in [-0.15, -0.1) is 0 Å². The summed E-state index contributed by atoms with van der Waals surface area (Å²) in [5.74, 6) is -0.895. The number of unbranched alkanes of at least 4 members (excludes halogenated alkanes) is 1. The van der Waals surface area contributed by atoms with Crippen LogP contribution < -0.4 is 9.62 Å². The Morgan fingerprint density at radius 3 is 2.10 bits per heavy atom. The summed E-state index contributed by atoms with van der Waals surface area (Å²) >= 11 is 13.0. The number of hydrogen-bond donors (Lipinski definition) is 1. The Morgan fingerprint density at radius 1 is 0.927 bits per heavy atom. The molecule has 0 aliphatic heterocycles. The van der Waals surface area contributed by atoms with Gasteiger partial charge in [0.2, 0.25) is 21.8 Å². The first-order chi connectivity index (χ1) is 19.4. The maximum absolute atomic E-state index is 14.2. The molecule has 7 nitrogen and oxygen atoms in total. The van der Waals surface area contributed by atoms with E-state index in [0.29, 0.717) is 27.8 Å². The first kappa shape index (κ1) is 32.4. The molecule has 0 bridgehead atoms. The Labute approximate surface area is 253 Å². The van der Waals surface area contributed by atoms with E-state index in [-0.39, 0.29) is 18.9 Å². The molecule has 41 heavy (non-hydrogen) atoms. The lowest BCUT2D eigenvalue weighted by molar-refractivity contribution is -0.140. The van der Waals surface area contributed by atoms with E-state index in [9.17, 15) is 18.0 Å². The van der Waals surface area contributed by atoms with Crippen molar-refractivity contribution in [3.05, 3.63) is 99.0 Å². The zero-order valence-corrected chi connectivity index (χ0v) is 26.2. The number of carbonyl (C=O) groups excluding carboxylic acids is 2. The Bertz CT molecular complexity index is 1420. The molecule has 0 saturated carbocycles. The molecule has 0 saturated heterocycles. The summed E-state index contributed by atoms with van der Waals surface area (Å²) < 4.78 is 27.0. The molecule has 3 aromatic rings. The van der Waals surface area contributed by atoms with Crippen LogP contribution in [0.5, 0.6) is 0 Å². The molecule has 0 heterocycles. The van der Waals surface area contributed by atoms with Crippen LogP contribution in [0.25, 0.3) is 0 Å². The third-order valence-electron chi connectivity index (χ3n) is 6.66. The fourth-order valence-corrected chi connectivity index (χ4v) is 5.97. The Kier molecular flexibility index (Phi) is 11.6. The highest BCUT2D eigenvalue weighted by atomic mass is 35.5. The lowest BCUT2D eigenvalue weighted by atomic mass is 10.0. The SMILES string of the molecule is CCCCNC(=O)[C@@H](Cc1ccccc1)N(Cc1c(Cl)cccc1Cl)C(=O)CN(c1cc(C)cc(C)c1)S(C)(=O)=O. The van der Waals surface area contributed by atoms with Crippen LogP contribution in [-0.2, 0) is 32.6 Å². The van der Waals surface area contributed by atoms with E-state index in [2.05, 4.69) is 5.32 Å².